The molecule has 3 aromatic rings. The monoisotopic (exact) mass is 531 g/mol. The SMILES string of the molecule is CCNC(=O)[C@@H](C)N(Cc1ccc(Cl)cc1)C(=O)CN(c1ccccc1F)S(=O)(=O)c1ccccc1. The van der Waals surface area contributed by atoms with E-state index < -0.39 is 40.2 Å². The Morgan fingerprint density at radius 3 is 2.19 bits per heavy atom. The van der Waals surface area contributed by atoms with Crippen molar-refractivity contribution in [2.24, 2.45) is 0 Å². The fourth-order valence-corrected chi connectivity index (χ4v) is 5.15. The summed E-state index contributed by atoms with van der Waals surface area (Å²) in [6.07, 6.45) is 0. The van der Waals surface area contributed by atoms with Gasteiger partial charge in [0.05, 0.1) is 10.6 Å². The molecule has 0 spiro atoms. The van der Waals surface area contributed by atoms with Gasteiger partial charge in [0.1, 0.15) is 18.4 Å². The highest BCUT2D eigenvalue weighted by Crippen LogP contribution is 2.27. The van der Waals surface area contributed by atoms with Crippen LogP contribution >= 0.6 is 11.6 Å². The van der Waals surface area contributed by atoms with Gasteiger partial charge < -0.3 is 10.2 Å². The molecule has 0 saturated heterocycles. The van der Waals surface area contributed by atoms with Crippen molar-refractivity contribution in [2.75, 3.05) is 17.4 Å². The standard InChI is InChI=1S/C26H27ClFN3O4S/c1-3-29-26(33)19(2)30(17-20-13-15-21(27)16-14-20)25(32)18-31(24-12-8-7-11-23(24)28)36(34,35)22-9-5-4-6-10-22/h4-16,19H,3,17-18H2,1-2H3,(H,29,33)/t19-/m1/s1. The van der Waals surface area contributed by atoms with Gasteiger partial charge in [-0.1, -0.05) is 54.1 Å². The number of para-hydroxylation sites is 1. The topological polar surface area (TPSA) is 86.8 Å². The molecule has 3 aromatic carbocycles. The normalized spacial score (nSPS) is 12.0. The molecule has 1 N–H and O–H groups in total. The van der Waals surface area contributed by atoms with Crippen LogP contribution in [0.5, 0.6) is 0 Å². The van der Waals surface area contributed by atoms with Crippen LogP contribution in [-0.2, 0) is 26.2 Å². The van der Waals surface area contributed by atoms with Crippen molar-refractivity contribution in [3.8, 4) is 0 Å². The van der Waals surface area contributed by atoms with Crippen molar-refractivity contribution in [2.45, 2.75) is 31.3 Å². The van der Waals surface area contributed by atoms with E-state index >= 15 is 0 Å². The number of carbonyl (C=O) groups excluding carboxylic acids is 2. The molecule has 0 aromatic heterocycles. The summed E-state index contributed by atoms with van der Waals surface area (Å²) in [7, 11) is -4.31. The van der Waals surface area contributed by atoms with Gasteiger partial charge in [-0.3, -0.25) is 13.9 Å². The van der Waals surface area contributed by atoms with Crippen molar-refractivity contribution in [1.82, 2.24) is 10.2 Å². The van der Waals surface area contributed by atoms with Crippen LogP contribution < -0.4 is 9.62 Å². The van der Waals surface area contributed by atoms with E-state index in [1.165, 1.54) is 47.4 Å². The maximum Gasteiger partial charge on any atom is 0.264 e. The molecular weight excluding hydrogens is 505 g/mol. The van der Waals surface area contributed by atoms with Crippen LogP contribution in [0.3, 0.4) is 0 Å². The Kier molecular flexibility index (Phi) is 9.06. The molecule has 2 amide bonds. The number of hydrogen-bond donors (Lipinski definition) is 1. The van der Waals surface area contributed by atoms with Gasteiger partial charge in [0.15, 0.2) is 0 Å². The van der Waals surface area contributed by atoms with Crippen molar-refractivity contribution in [1.29, 1.82) is 0 Å². The molecule has 190 valence electrons. The van der Waals surface area contributed by atoms with Crippen LogP contribution in [0.15, 0.2) is 83.8 Å². The number of sulfonamides is 1. The summed E-state index contributed by atoms with van der Waals surface area (Å²) in [5, 5.41) is 3.19. The number of halogens is 2. The van der Waals surface area contributed by atoms with Gasteiger partial charge >= 0.3 is 0 Å². The van der Waals surface area contributed by atoms with Gasteiger partial charge in [-0.05, 0) is 55.8 Å². The third-order valence-corrected chi connectivity index (χ3v) is 7.54. The third kappa shape index (κ3) is 6.41. The molecule has 0 radical (unpaired) electrons. The van der Waals surface area contributed by atoms with Crippen LogP contribution in [0, 0.1) is 5.82 Å². The molecule has 0 aliphatic rings. The third-order valence-electron chi connectivity index (χ3n) is 5.52. The number of likely N-dealkylation sites (N-methyl/N-ethyl adjacent to an activating group) is 1. The van der Waals surface area contributed by atoms with Gasteiger partial charge in [-0.15, -0.1) is 0 Å². The fourth-order valence-electron chi connectivity index (χ4n) is 3.58. The first kappa shape index (κ1) is 27.2. The number of benzene rings is 3. The minimum Gasteiger partial charge on any atom is -0.355 e. The predicted octanol–water partition coefficient (Wildman–Crippen LogP) is 4.23. The Labute approximate surface area is 215 Å². The first-order chi connectivity index (χ1) is 17.1. The van der Waals surface area contributed by atoms with E-state index in [0.717, 1.165) is 10.4 Å². The summed E-state index contributed by atoms with van der Waals surface area (Å²) in [6.45, 7) is 2.97. The molecule has 0 fully saturated rings. The number of nitrogens with zero attached hydrogens (tertiary/aromatic N) is 2. The number of carbonyl (C=O) groups is 2. The van der Waals surface area contributed by atoms with E-state index in [-0.39, 0.29) is 17.1 Å². The zero-order chi connectivity index (χ0) is 26.3. The summed E-state index contributed by atoms with van der Waals surface area (Å²) in [5.41, 5.74) is 0.416. The Morgan fingerprint density at radius 2 is 1.58 bits per heavy atom. The maximum absolute atomic E-state index is 14.8. The highest BCUT2D eigenvalue weighted by Gasteiger charge is 2.33. The van der Waals surface area contributed by atoms with Crippen molar-refractivity contribution < 1.29 is 22.4 Å². The molecule has 0 heterocycles. The van der Waals surface area contributed by atoms with Crippen LogP contribution in [0.2, 0.25) is 5.02 Å². The molecule has 0 aliphatic heterocycles. The molecule has 0 bridgehead atoms. The quantitative estimate of drug-likeness (QED) is 0.424. The first-order valence-corrected chi connectivity index (χ1v) is 13.1. The van der Waals surface area contributed by atoms with Crippen molar-refractivity contribution in [3.05, 3.63) is 95.3 Å². The van der Waals surface area contributed by atoms with E-state index in [1.807, 2.05) is 0 Å². The van der Waals surface area contributed by atoms with E-state index in [0.29, 0.717) is 17.1 Å². The second-order valence-electron chi connectivity index (χ2n) is 7.99. The molecular formula is C26H27ClFN3O4S. The lowest BCUT2D eigenvalue weighted by atomic mass is 10.1. The molecule has 3 rings (SSSR count). The average molecular weight is 532 g/mol. The predicted molar refractivity (Wildman–Crippen MR) is 138 cm³/mol. The zero-order valence-corrected chi connectivity index (χ0v) is 21.5. The highest BCUT2D eigenvalue weighted by molar-refractivity contribution is 7.92. The smallest absolute Gasteiger partial charge is 0.264 e. The van der Waals surface area contributed by atoms with Gasteiger partial charge in [0, 0.05) is 18.1 Å². The second-order valence-corrected chi connectivity index (χ2v) is 10.3. The maximum atomic E-state index is 14.8. The van der Waals surface area contributed by atoms with Crippen LogP contribution in [-0.4, -0.2) is 44.3 Å². The summed E-state index contributed by atoms with van der Waals surface area (Å²) in [5.74, 6) is -1.87. The highest BCUT2D eigenvalue weighted by atomic mass is 35.5. The molecule has 36 heavy (non-hydrogen) atoms. The molecule has 0 unspecified atom stereocenters. The molecule has 0 saturated carbocycles. The van der Waals surface area contributed by atoms with Crippen LogP contribution in [0.25, 0.3) is 0 Å². The molecule has 1 atom stereocenters. The fraction of sp³-hybridized carbons (Fsp3) is 0.231. The zero-order valence-electron chi connectivity index (χ0n) is 19.9. The largest absolute Gasteiger partial charge is 0.355 e. The minimum absolute atomic E-state index is 0.0187. The number of anilines is 1. The Hall–Kier alpha value is -3.43. The van der Waals surface area contributed by atoms with E-state index in [4.69, 9.17) is 11.6 Å². The summed E-state index contributed by atoms with van der Waals surface area (Å²) < 4.78 is 42.6. The lowest BCUT2D eigenvalue weighted by Gasteiger charge is -2.32. The Balaban J connectivity index is 2.02. The average Bonchev–Trinajstić information content (AvgIpc) is 2.87. The number of amides is 2. The first-order valence-electron chi connectivity index (χ1n) is 11.3. The van der Waals surface area contributed by atoms with E-state index in [9.17, 15) is 22.4 Å². The molecule has 7 nitrogen and oxygen atoms in total. The van der Waals surface area contributed by atoms with Gasteiger partial charge in [-0.25, -0.2) is 12.8 Å². The van der Waals surface area contributed by atoms with Gasteiger partial charge in [-0.2, -0.15) is 0 Å². The number of nitrogens with one attached hydrogen (secondary N) is 1. The minimum atomic E-state index is -4.31. The van der Waals surface area contributed by atoms with Crippen molar-refractivity contribution in [3.63, 3.8) is 0 Å². The van der Waals surface area contributed by atoms with Crippen LogP contribution in [0.4, 0.5) is 10.1 Å². The summed E-state index contributed by atoms with van der Waals surface area (Å²) >= 11 is 5.97. The van der Waals surface area contributed by atoms with E-state index in [2.05, 4.69) is 5.32 Å². The van der Waals surface area contributed by atoms with Gasteiger partial charge in [0.2, 0.25) is 11.8 Å². The second kappa shape index (κ2) is 12.0. The van der Waals surface area contributed by atoms with Crippen molar-refractivity contribution >= 4 is 39.1 Å². The van der Waals surface area contributed by atoms with Crippen LogP contribution in [0.1, 0.15) is 19.4 Å². The Morgan fingerprint density at radius 1 is 0.972 bits per heavy atom. The van der Waals surface area contributed by atoms with Gasteiger partial charge in [0.25, 0.3) is 10.0 Å². The number of rotatable bonds is 10. The molecule has 0 aliphatic carbocycles. The summed E-state index contributed by atoms with van der Waals surface area (Å²) in [6, 6.07) is 18.6. The lowest BCUT2D eigenvalue weighted by molar-refractivity contribution is -0.139. The Bertz CT molecular complexity index is 1300. The van der Waals surface area contributed by atoms with E-state index in [1.54, 1.807) is 44.2 Å². The summed E-state index contributed by atoms with van der Waals surface area (Å²) in [4.78, 5) is 27.4. The number of hydrogen-bond acceptors (Lipinski definition) is 4. The lowest BCUT2D eigenvalue weighted by Crippen LogP contribution is -2.51. The molecule has 10 heteroatoms.